The summed E-state index contributed by atoms with van der Waals surface area (Å²) in [5, 5.41) is 0. The average Bonchev–Trinajstić information content (AvgIpc) is 2.66. The molecule has 1 aromatic carbocycles. The maximum Gasteiger partial charge on any atom is 0.118 e. The molecule has 1 aliphatic heterocycles. The molecule has 106 valence electrons. The third-order valence-corrected chi connectivity index (χ3v) is 3.79. The van der Waals surface area contributed by atoms with E-state index < -0.39 is 0 Å². The Labute approximate surface area is 117 Å². The molecule has 2 rings (SSSR count). The van der Waals surface area contributed by atoms with Gasteiger partial charge in [0.15, 0.2) is 0 Å². The molecule has 0 unspecified atom stereocenters. The van der Waals surface area contributed by atoms with Crippen LogP contribution in [0.15, 0.2) is 24.3 Å². The lowest BCUT2D eigenvalue weighted by Gasteiger charge is -2.21. The maximum atomic E-state index is 5.20. The maximum absolute atomic E-state index is 5.20. The summed E-state index contributed by atoms with van der Waals surface area (Å²) in [5.41, 5.74) is 1.38. The van der Waals surface area contributed by atoms with E-state index in [2.05, 4.69) is 41.0 Å². The van der Waals surface area contributed by atoms with Gasteiger partial charge in [-0.15, -0.1) is 0 Å². The van der Waals surface area contributed by atoms with Crippen LogP contribution in [0.4, 0.5) is 0 Å². The molecule has 0 radical (unpaired) electrons. The predicted molar refractivity (Wildman–Crippen MR) is 79.6 cm³/mol. The van der Waals surface area contributed by atoms with Gasteiger partial charge in [0, 0.05) is 19.6 Å². The van der Waals surface area contributed by atoms with Crippen molar-refractivity contribution in [1.29, 1.82) is 0 Å². The fourth-order valence-electron chi connectivity index (χ4n) is 2.71. The van der Waals surface area contributed by atoms with Crippen LogP contribution in [0, 0.1) is 0 Å². The van der Waals surface area contributed by atoms with Gasteiger partial charge in [0.05, 0.1) is 7.11 Å². The smallest absolute Gasteiger partial charge is 0.118 e. The third kappa shape index (κ3) is 4.51. The quantitative estimate of drug-likeness (QED) is 0.811. The SMILES string of the molecule is CCCN1CCCN(Cc2ccc(OC)cc2)CC1. The van der Waals surface area contributed by atoms with Crippen LogP contribution in [-0.2, 0) is 6.54 Å². The van der Waals surface area contributed by atoms with Gasteiger partial charge in [-0.3, -0.25) is 4.90 Å². The standard InChI is InChI=1S/C16H26N2O/c1-3-9-17-10-4-11-18(13-12-17)14-15-5-7-16(19-2)8-6-15/h5-8H,3-4,9-14H2,1-2H3. The molecule has 0 bridgehead atoms. The molecule has 0 aliphatic carbocycles. The first kappa shape index (κ1) is 14.4. The predicted octanol–water partition coefficient (Wildman–Crippen LogP) is 2.61. The topological polar surface area (TPSA) is 15.7 Å². The van der Waals surface area contributed by atoms with Crippen LogP contribution < -0.4 is 4.74 Å². The van der Waals surface area contributed by atoms with Crippen molar-refractivity contribution >= 4 is 0 Å². The highest BCUT2D eigenvalue weighted by Crippen LogP contribution is 2.14. The van der Waals surface area contributed by atoms with E-state index in [0.717, 1.165) is 12.3 Å². The minimum atomic E-state index is 0.939. The van der Waals surface area contributed by atoms with Gasteiger partial charge in [-0.2, -0.15) is 0 Å². The van der Waals surface area contributed by atoms with Crippen LogP contribution in [0.1, 0.15) is 25.3 Å². The highest BCUT2D eigenvalue weighted by molar-refractivity contribution is 5.27. The number of hydrogen-bond donors (Lipinski definition) is 0. The fourth-order valence-corrected chi connectivity index (χ4v) is 2.71. The molecular formula is C16H26N2O. The van der Waals surface area contributed by atoms with Gasteiger partial charge in [-0.25, -0.2) is 0 Å². The molecular weight excluding hydrogens is 236 g/mol. The van der Waals surface area contributed by atoms with E-state index in [1.54, 1.807) is 7.11 Å². The average molecular weight is 262 g/mol. The van der Waals surface area contributed by atoms with Crippen molar-refractivity contribution in [3.8, 4) is 5.75 Å². The van der Waals surface area contributed by atoms with Crippen molar-refractivity contribution in [2.45, 2.75) is 26.3 Å². The van der Waals surface area contributed by atoms with Crippen LogP contribution in [0.2, 0.25) is 0 Å². The summed E-state index contributed by atoms with van der Waals surface area (Å²) in [6.45, 7) is 9.44. The number of nitrogens with zero attached hydrogens (tertiary/aromatic N) is 2. The lowest BCUT2D eigenvalue weighted by atomic mass is 10.2. The van der Waals surface area contributed by atoms with Gasteiger partial charge < -0.3 is 9.64 Å². The summed E-state index contributed by atoms with van der Waals surface area (Å²) in [7, 11) is 1.71. The van der Waals surface area contributed by atoms with Crippen LogP contribution >= 0.6 is 0 Å². The lowest BCUT2D eigenvalue weighted by molar-refractivity contribution is 0.252. The summed E-state index contributed by atoms with van der Waals surface area (Å²) in [6.07, 6.45) is 2.55. The van der Waals surface area contributed by atoms with Crippen LogP contribution in [-0.4, -0.2) is 49.6 Å². The van der Waals surface area contributed by atoms with Crippen molar-refractivity contribution < 1.29 is 4.74 Å². The molecule has 0 aromatic heterocycles. The Hall–Kier alpha value is -1.06. The summed E-state index contributed by atoms with van der Waals surface area (Å²) in [6, 6.07) is 8.45. The van der Waals surface area contributed by atoms with Crippen molar-refractivity contribution in [3.63, 3.8) is 0 Å². The summed E-state index contributed by atoms with van der Waals surface area (Å²) < 4.78 is 5.20. The zero-order valence-electron chi connectivity index (χ0n) is 12.3. The van der Waals surface area contributed by atoms with Gasteiger partial charge in [0.25, 0.3) is 0 Å². The molecule has 0 atom stereocenters. The molecule has 1 aromatic rings. The first-order chi connectivity index (χ1) is 9.31. The number of ether oxygens (including phenoxy) is 1. The summed E-state index contributed by atoms with van der Waals surface area (Å²) in [4.78, 5) is 5.16. The molecule has 3 heteroatoms. The molecule has 1 saturated heterocycles. The highest BCUT2D eigenvalue weighted by atomic mass is 16.5. The van der Waals surface area contributed by atoms with E-state index in [4.69, 9.17) is 4.74 Å². The van der Waals surface area contributed by atoms with E-state index in [0.29, 0.717) is 0 Å². The van der Waals surface area contributed by atoms with E-state index in [1.807, 2.05) is 0 Å². The molecule has 19 heavy (non-hydrogen) atoms. The number of benzene rings is 1. The molecule has 1 fully saturated rings. The number of hydrogen-bond acceptors (Lipinski definition) is 3. The normalized spacial score (nSPS) is 18.2. The Balaban J connectivity index is 1.84. The number of methoxy groups -OCH3 is 1. The minimum Gasteiger partial charge on any atom is -0.497 e. The molecule has 3 nitrogen and oxygen atoms in total. The first-order valence-electron chi connectivity index (χ1n) is 7.39. The summed E-state index contributed by atoms with van der Waals surface area (Å²) >= 11 is 0. The van der Waals surface area contributed by atoms with Crippen molar-refractivity contribution in [3.05, 3.63) is 29.8 Å². The van der Waals surface area contributed by atoms with Gasteiger partial charge >= 0.3 is 0 Å². The van der Waals surface area contributed by atoms with Gasteiger partial charge in [0.2, 0.25) is 0 Å². The largest absolute Gasteiger partial charge is 0.497 e. The van der Waals surface area contributed by atoms with E-state index in [-0.39, 0.29) is 0 Å². The second-order valence-electron chi connectivity index (χ2n) is 5.32. The zero-order valence-corrected chi connectivity index (χ0v) is 12.3. The van der Waals surface area contributed by atoms with Crippen molar-refractivity contribution in [2.75, 3.05) is 39.8 Å². The monoisotopic (exact) mass is 262 g/mol. The molecule has 0 amide bonds. The lowest BCUT2D eigenvalue weighted by Crippen LogP contribution is -2.30. The molecule has 0 N–H and O–H groups in total. The Morgan fingerprint density at radius 1 is 1.00 bits per heavy atom. The van der Waals surface area contributed by atoms with Gasteiger partial charge in [0.1, 0.15) is 5.75 Å². The Morgan fingerprint density at radius 2 is 1.68 bits per heavy atom. The second kappa shape index (κ2) is 7.51. The van der Waals surface area contributed by atoms with Crippen molar-refractivity contribution in [1.82, 2.24) is 9.80 Å². The molecule has 0 saturated carbocycles. The molecule has 0 spiro atoms. The fraction of sp³-hybridized carbons (Fsp3) is 0.625. The van der Waals surface area contributed by atoms with E-state index in [9.17, 15) is 0 Å². The molecule has 1 heterocycles. The first-order valence-corrected chi connectivity index (χ1v) is 7.39. The van der Waals surface area contributed by atoms with Gasteiger partial charge in [-0.1, -0.05) is 19.1 Å². The third-order valence-electron chi connectivity index (χ3n) is 3.79. The Morgan fingerprint density at radius 3 is 2.37 bits per heavy atom. The van der Waals surface area contributed by atoms with Gasteiger partial charge in [-0.05, 0) is 50.2 Å². The van der Waals surface area contributed by atoms with Crippen LogP contribution in [0.25, 0.3) is 0 Å². The highest BCUT2D eigenvalue weighted by Gasteiger charge is 2.14. The Kier molecular flexibility index (Phi) is 5.67. The van der Waals surface area contributed by atoms with Crippen LogP contribution in [0.3, 0.4) is 0 Å². The van der Waals surface area contributed by atoms with Crippen molar-refractivity contribution in [2.24, 2.45) is 0 Å². The van der Waals surface area contributed by atoms with E-state index >= 15 is 0 Å². The molecule has 1 aliphatic rings. The minimum absolute atomic E-state index is 0.939. The van der Waals surface area contributed by atoms with E-state index in [1.165, 1.54) is 51.1 Å². The second-order valence-corrected chi connectivity index (χ2v) is 5.32. The Bertz CT molecular complexity index is 364. The summed E-state index contributed by atoms with van der Waals surface area (Å²) in [5.74, 6) is 0.939. The zero-order chi connectivity index (χ0) is 13.5. The van der Waals surface area contributed by atoms with Crippen LogP contribution in [0.5, 0.6) is 5.75 Å². The number of rotatable bonds is 5.